The Bertz CT molecular complexity index is 1010. The molecule has 1 amide bonds. The molecule has 1 atom stereocenters. The fourth-order valence-electron chi connectivity index (χ4n) is 2.91. The number of nitro groups is 1. The molecule has 3 rings (SSSR count). The number of methoxy groups -OCH3 is 1. The highest BCUT2D eigenvalue weighted by molar-refractivity contribution is 5.92. The van der Waals surface area contributed by atoms with E-state index < -0.39 is 4.92 Å². The topological polar surface area (TPSA) is 81.5 Å². The normalized spacial score (nSPS) is 11.8. The molecule has 1 unspecified atom stereocenters. The molecular formula is C23H20N2O4. The van der Waals surface area contributed by atoms with Crippen molar-refractivity contribution in [3.63, 3.8) is 0 Å². The summed E-state index contributed by atoms with van der Waals surface area (Å²) in [6.07, 6.45) is 2.93. The van der Waals surface area contributed by atoms with Gasteiger partial charge in [-0.1, -0.05) is 54.6 Å². The lowest BCUT2D eigenvalue weighted by molar-refractivity contribution is -0.384. The predicted octanol–water partition coefficient (Wildman–Crippen LogP) is 4.52. The van der Waals surface area contributed by atoms with E-state index in [0.29, 0.717) is 5.56 Å². The van der Waals surface area contributed by atoms with Crippen LogP contribution in [0.25, 0.3) is 6.08 Å². The minimum Gasteiger partial charge on any atom is -0.497 e. The van der Waals surface area contributed by atoms with Crippen LogP contribution in [0.4, 0.5) is 5.69 Å². The van der Waals surface area contributed by atoms with Gasteiger partial charge < -0.3 is 10.1 Å². The molecule has 6 nitrogen and oxygen atoms in total. The van der Waals surface area contributed by atoms with E-state index in [1.807, 2.05) is 54.6 Å². The van der Waals surface area contributed by atoms with Crippen LogP contribution < -0.4 is 10.1 Å². The Morgan fingerprint density at radius 3 is 2.34 bits per heavy atom. The van der Waals surface area contributed by atoms with E-state index in [4.69, 9.17) is 4.74 Å². The van der Waals surface area contributed by atoms with Crippen LogP contribution in [0.1, 0.15) is 22.7 Å². The van der Waals surface area contributed by atoms with Crippen LogP contribution >= 0.6 is 0 Å². The summed E-state index contributed by atoms with van der Waals surface area (Å²) in [5.74, 6) is 0.429. The van der Waals surface area contributed by atoms with E-state index in [0.717, 1.165) is 16.9 Å². The number of ether oxygens (including phenoxy) is 1. The van der Waals surface area contributed by atoms with Crippen LogP contribution in [-0.4, -0.2) is 17.9 Å². The number of nitrogens with zero attached hydrogens (tertiary/aromatic N) is 1. The van der Waals surface area contributed by atoms with Crippen LogP contribution in [0.3, 0.4) is 0 Å². The third-order valence-electron chi connectivity index (χ3n) is 4.38. The summed E-state index contributed by atoms with van der Waals surface area (Å²) < 4.78 is 5.20. The second kappa shape index (κ2) is 9.32. The van der Waals surface area contributed by atoms with Crippen molar-refractivity contribution in [2.75, 3.05) is 7.11 Å². The highest BCUT2D eigenvalue weighted by atomic mass is 16.6. The van der Waals surface area contributed by atoms with Gasteiger partial charge in [0.25, 0.3) is 5.69 Å². The summed E-state index contributed by atoms with van der Waals surface area (Å²) in [5.41, 5.74) is 2.41. The number of benzene rings is 3. The molecule has 0 fully saturated rings. The lowest BCUT2D eigenvalue weighted by atomic mass is 9.98. The van der Waals surface area contributed by atoms with Gasteiger partial charge in [0.2, 0.25) is 5.91 Å². The summed E-state index contributed by atoms with van der Waals surface area (Å²) in [5, 5.41) is 13.9. The van der Waals surface area contributed by atoms with E-state index in [1.54, 1.807) is 25.3 Å². The van der Waals surface area contributed by atoms with Gasteiger partial charge in [-0.15, -0.1) is 0 Å². The van der Waals surface area contributed by atoms with Gasteiger partial charge in [-0.2, -0.15) is 0 Å². The summed E-state index contributed by atoms with van der Waals surface area (Å²) in [6.45, 7) is 0. The molecule has 0 heterocycles. The average Bonchev–Trinajstić information content (AvgIpc) is 2.77. The van der Waals surface area contributed by atoms with Crippen molar-refractivity contribution in [1.29, 1.82) is 0 Å². The van der Waals surface area contributed by atoms with Gasteiger partial charge in [0, 0.05) is 18.2 Å². The third-order valence-corrected chi connectivity index (χ3v) is 4.38. The first-order chi connectivity index (χ1) is 14.1. The lowest BCUT2D eigenvalue weighted by Gasteiger charge is -2.19. The standard InChI is InChI=1S/C23H20N2O4/c1-29-21-13-11-19(12-14-21)23(18-7-3-2-4-8-18)24-22(26)15-10-17-6-5-9-20(16-17)25(27)28/h2-16,23H,1H3,(H,24,26)/b15-10+. The fourth-order valence-corrected chi connectivity index (χ4v) is 2.91. The summed E-state index contributed by atoms with van der Waals surface area (Å²) in [7, 11) is 1.60. The Hall–Kier alpha value is -3.93. The monoisotopic (exact) mass is 388 g/mol. The first-order valence-corrected chi connectivity index (χ1v) is 8.99. The summed E-state index contributed by atoms with van der Waals surface area (Å²) >= 11 is 0. The van der Waals surface area contributed by atoms with Crippen molar-refractivity contribution in [1.82, 2.24) is 5.32 Å². The van der Waals surface area contributed by atoms with Gasteiger partial charge in [-0.05, 0) is 34.9 Å². The van der Waals surface area contributed by atoms with Crippen LogP contribution in [0.2, 0.25) is 0 Å². The maximum atomic E-state index is 12.6. The lowest BCUT2D eigenvalue weighted by Crippen LogP contribution is -2.27. The molecule has 0 spiro atoms. The molecule has 29 heavy (non-hydrogen) atoms. The van der Waals surface area contributed by atoms with Gasteiger partial charge in [0.05, 0.1) is 18.1 Å². The molecule has 0 radical (unpaired) electrons. The Morgan fingerprint density at radius 1 is 1.00 bits per heavy atom. The molecule has 0 aliphatic carbocycles. The first kappa shape index (κ1) is 19.8. The number of carbonyl (C=O) groups is 1. The largest absolute Gasteiger partial charge is 0.497 e. The van der Waals surface area contributed by atoms with Crippen molar-refractivity contribution in [3.05, 3.63) is 112 Å². The van der Waals surface area contributed by atoms with Crippen molar-refractivity contribution in [2.45, 2.75) is 6.04 Å². The van der Waals surface area contributed by atoms with E-state index in [9.17, 15) is 14.9 Å². The molecule has 0 bridgehead atoms. The molecular weight excluding hydrogens is 368 g/mol. The molecule has 3 aromatic rings. The number of amides is 1. The minimum absolute atomic E-state index is 0.0204. The van der Waals surface area contributed by atoms with Crippen molar-refractivity contribution >= 4 is 17.7 Å². The molecule has 3 aromatic carbocycles. The van der Waals surface area contributed by atoms with Gasteiger partial charge >= 0.3 is 0 Å². The molecule has 146 valence electrons. The predicted molar refractivity (Wildman–Crippen MR) is 112 cm³/mol. The van der Waals surface area contributed by atoms with Gasteiger partial charge in [0.15, 0.2) is 0 Å². The number of carbonyl (C=O) groups excluding carboxylic acids is 1. The minimum atomic E-state index is -0.466. The van der Waals surface area contributed by atoms with Crippen LogP contribution in [0.5, 0.6) is 5.75 Å². The van der Waals surface area contributed by atoms with Crippen LogP contribution in [0, 0.1) is 10.1 Å². The Labute approximate surface area is 168 Å². The Balaban J connectivity index is 1.81. The van der Waals surface area contributed by atoms with Crippen LogP contribution in [-0.2, 0) is 4.79 Å². The number of non-ortho nitro benzene ring substituents is 1. The van der Waals surface area contributed by atoms with E-state index >= 15 is 0 Å². The number of nitro benzene ring substituents is 1. The zero-order chi connectivity index (χ0) is 20.6. The average molecular weight is 388 g/mol. The molecule has 0 aliphatic rings. The molecule has 0 aliphatic heterocycles. The van der Waals surface area contributed by atoms with E-state index in [2.05, 4.69) is 5.32 Å². The van der Waals surface area contributed by atoms with Crippen molar-refractivity contribution in [3.8, 4) is 5.75 Å². The molecule has 1 N–H and O–H groups in total. The zero-order valence-electron chi connectivity index (χ0n) is 15.8. The van der Waals surface area contributed by atoms with E-state index in [-0.39, 0.29) is 17.6 Å². The highest BCUT2D eigenvalue weighted by Crippen LogP contribution is 2.24. The first-order valence-electron chi connectivity index (χ1n) is 8.99. The molecule has 0 saturated carbocycles. The summed E-state index contributed by atoms with van der Waals surface area (Å²) in [6, 6.07) is 22.9. The third kappa shape index (κ3) is 5.29. The number of nitrogens with one attached hydrogen (secondary N) is 1. The quantitative estimate of drug-likeness (QED) is 0.366. The maximum Gasteiger partial charge on any atom is 0.270 e. The molecule has 6 heteroatoms. The highest BCUT2D eigenvalue weighted by Gasteiger charge is 2.16. The van der Waals surface area contributed by atoms with Crippen molar-refractivity contribution in [2.24, 2.45) is 0 Å². The Kier molecular flexibility index (Phi) is 6.37. The van der Waals surface area contributed by atoms with Gasteiger partial charge in [-0.3, -0.25) is 14.9 Å². The van der Waals surface area contributed by atoms with Gasteiger partial charge in [0.1, 0.15) is 5.75 Å². The number of hydrogen-bond acceptors (Lipinski definition) is 4. The maximum absolute atomic E-state index is 12.6. The zero-order valence-corrected chi connectivity index (χ0v) is 15.8. The molecule has 0 saturated heterocycles. The fraction of sp³-hybridized carbons (Fsp3) is 0.0870. The smallest absolute Gasteiger partial charge is 0.270 e. The Morgan fingerprint density at radius 2 is 1.69 bits per heavy atom. The SMILES string of the molecule is COc1ccc(C(NC(=O)/C=C/c2cccc([N+](=O)[O-])c2)c2ccccc2)cc1. The van der Waals surface area contributed by atoms with E-state index in [1.165, 1.54) is 18.2 Å². The molecule has 0 aromatic heterocycles. The second-order valence-electron chi connectivity index (χ2n) is 6.31. The number of rotatable bonds is 7. The van der Waals surface area contributed by atoms with Crippen LogP contribution in [0.15, 0.2) is 84.9 Å². The number of hydrogen-bond donors (Lipinski definition) is 1. The summed E-state index contributed by atoms with van der Waals surface area (Å²) in [4.78, 5) is 23.0. The van der Waals surface area contributed by atoms with Gasteiger partial charge in [-0.25, -0.2) is 0 Å². The second-order valence-corrected chi connectivity index (χ2v) is 6.31. The van der Waals surface area contributed by atoms with Crippen molar-refractivity contribution < 1.29 is 14.5 Å².